The molecule has 0 fully saturated rings. The second kappa shape index (κ2) is 9.61. The maximum absolute atomic E-state index is 12.3. The molecule has 5 heteroatoms. The molecule has 138 valence electrons. The molecule has 0 radical (unpaired) electrons. The fourth-order valence-electron chi connectivity index (χ4n) is 2.51. The molecule has 0 aliphatic rings. The number of esters is 1. The Labute approximate surface area is 154 Å². The molecule has 0 spiro atoms. The van der Waals surface area contributed by atoms with Crippen molar-refractivity contribution in [1.82, 2.24) is 0 Å². The number of ether oxygens (including phenoxy) is 2. The first kappa shape index (κ1) is 19.5. The zero-order valence-electron chi connectivity index (χ0n) is 15.5. The van der Waals surface area contributed by atoms with Gasteiger partial charge in [-0.15, -0.1) is 0 Å². The van der Waals surface area contributed by atoms with Crippen molar-refractivity contribution in [2.24, 2.45) is 0 Å². The van der Waals surface area contributed by atoms with Crippen molar-refractivity contribution in [2.45, 2.75) is 27.2 Å². The van der Waals surface area contributed by atoms with E-state index in [1.165, 1.54) is 0 Å². The molecule has 5 nitrogen and oxygen atoms in total. The van der Waals surface area contributed by atoms with Gasteiger partial charge in [0.1, 0.15) is 5.75 Å². The van der Waals surface area contributed by atoms with Gasteiger partial charge in [0.15, 0.2) is 6.61 Å². The van der Waals surface area contributed by atoms with Gasteiger partial charge in [-0.2, -0.15) is 0 Å². The summed E-state index contributed by atoms with van der Waals surface area (Å²) in [5.74, 6) is 0.0605. The number of carbonyl (C=O) groups is 2. The highest BCUT2D eigenvalue weighted by Gasteiger charge is 2.16. The first-order valence-electron chi connectivity index (χ1n) is 8.72. The summed E-state index contributed by atoms with van der Waals surface area (Å²) in [5, 5.41) is 0. The van der Waals surface area contributed by atoms with Crippen molar-refractivity contribution in [1.29, 1.82) is 0 Å². The summed E-state index contributed by atoms with van der Waals surface area (Å²) in [6, 6.07) is 15.2. The van der Waals surface area contributed by atoms with E-state index in [9.17, 15) is 9.59 Å². The highest BCUT2D eigenvalue weighted by atomic mass is 16.5. The number of anilines is 1. The molecule has 0 saturated heterocycles. The van der Waals surface area contributed by atoms with Gasteiger partial charge in [0, 0.05) is 12.2 Å². The maximum atomic E-state index is 12.3. The van der Waals surface area contributed by atoms with Crippen LogP contribution in [0.15, 0.2) is 48.5 Å². The monoisotopic (exact) mass is 355 g/mol. The van der Waals surface area contributed by atoms with Gasteiger partial charge in [-0.3, -0.25) is 9.59 Å². The van der Waals surface area contributed by atoms with Gasteiger partial charge in [-0.05, 0) is 50.1 Å². The van der Waals surface area contributed by atoms with E-state index in [-0.39, 0.29) is 25.5 Å². The number of likely N-dealkylation sites (N-methyl/N-ethyl adjacent to an activating group) is 1. The lowest BCUT2D eigenvalue weighted by atomic mass is 10.1. The number of benzene rings is 2. The van der Waals surface area contributed by atoms with Crippen LogP contribution in [0.3, 0.4) is 0 Å². The minimum atomic E-state index is -0.451. The fourth-order valence-corrected chi connectivity index (χ4v) is 2.51. The second-order valence-corrected chi connectivity index (χ2v) is 6.00. The number of nitrogens with zero attached hydrogens (tertiary/aromatic N) is 1. The van der Waals surface area contributed by atoms with Crippen LogP contribution in [-0.2, 0) is 14.3 Å². The van der Waals surface area contributed by atoms with Crippen LogP contribution >= 0.6 is 0 Å². The van der Waals surface area contributed by atoms with Gasteiger partial charge in [-0.1, -0.05) is 30.3 Å². The first-order valence-corrected chi connectivity index (χ1v) is 8.72. The summed E-state index contributed by atoms with van der Waals surface area (Å²) in [7, 11) is 0. The van der Waals surface area contributed by atoms with Crippen molar-refractivity contribution < 1.29 is 19.1 Å². The van der Waals surface area contributed by atoms with E-state index >= 15 is 0 Å². The van der Waals surface area contributed by atoms with Crippen LogP contribution in [0.25, 0.3) is 0 Å². The molecule has 2 aromatic carbocycles. The van der Waals surface area contributed by atoms with E-state index in [1.54, 1.807) is 4.90 Å². The van der Waals surface area contributed by atoms with Crippen molar-refractivity contribution in [2.75, 3.05) is 24.7 Å². The Bertz CT molecular complexity index is 743. The summed E-state index contributed by atoms with van der Waals surface area (Å²) < 4.78 is 10.7. The minimum absolute atomic E-state index is 0.0954. The smallest absolute Gasteiger partial charge is 0.309 e. The summed E-state index contributed by atoms with van der Waals surface area (Å²) in [4.78, 5) is 25.7. The number of hydrogen-bond acceptors (Lipinski definition) is 4. The summed E-state index contributed by atoms with van der Waals surface area (Å²) >= 11 is 0. The molecule has 2 aromatic rings. The lowest BCUT2D eigenvalue weighted by molar-refractivity contribution is -0.148. The summed E-state index contributed by atoms with van der Waals surface area (Å²) in [6.45, 7) is 6.27. The number of amides is 1. The molecule has 0 unspecified atom stereocenters. The molecule has 0 aliphatic heterocycles. The van der Waals surface area contributed by atoms with Crippen molar-refractivity contribution >= 4 is 17.6 Å². The Hall–Kier alpha value is -2.82. The lowest BCUT2D eigenvalue weighted by Gasteiger charge is -2.20. The lowest BCUT2D eigenvalue weighted by Crippen LogP contribution is -2.34. The fraction of sp³-hybridized carbons (Fsp3) is 0.333. The van der Waals surface area contributed by atoms with Gasteiger partial charge >= 0.3 is 5.97 Å². The van der Waals surface area contributed by atoms with Crippen LogP contribution in [0.4, 0.5) is 5.69 Å². The topological polar surface area (TPSA) is 55.8 Å². The Morgan fingerprint density at radius 3 is 2.46 bits per heavy atom. The predicted octanol–water partition coefficient (Wildman–Crippen LogP) is 3.67. The van der Waals surface area contributed by atoms with Gasteiger partial charge < -0.3 is 14.4 Å². The standard InChI is InChI=1S/C21H25NO4/c1-4-22(18-8-6-5-7-9-18)20(23)15-26-21(24)12-13-25-19-14-16(2)10-11-17(19)3/h5-11,14H,4,12-13,15H2,1-3H3. The predicted molar refractivity (Wildman–Crippen MR) is 101 cm³/mol. The third-order valence-electron chi connectivity index (χ3n) is 3.95. The zero-order chi connectivity index (χ0) is 18.9. The van der Waals surface area contributed by atoms with Gasteiger partial charge in [0.25, 0.3) is 5.91 Å². The van der Waals surface area contributed by atoms with E-state index < -0.39 is 5.97 Å². The maximum Gasteiger partial charge on any atom is 0.309 e. The molecule has 0 bridgehead atoms. The molecule has 0 aromatic heterocycles. The summed E-state index contributed by atoms with van der Waals surface area (Å²) in [6.07, 6.45) is 0.0954. The van der Waals surface area contributed by atoms with E-state index in [2.05, 4.69) is 0 Å². The molecule has 26 heavy (non-hydrogen) atoms. The molecular weight excluding hydrogens is 330 g/mol. The van der Waals surface area contributed by atoms with Crippen LogP contribution < -0.4 is 9.64 Å². The molecule has 0 atom stereocenters. The quantitative estimate of drug-likeness (QED) is 0.678. The zero-order valence-corrected chi connectivity index (χ0v) is 15.5. The Kier molecular flexibility index (Phi) is 7.21. The largest absolute Gasteiger partial charge is 0.493 e. The molecular formula is C21H25NO4. The Morgan fingerprint density at radius 1 is 1.04 bits per heavy atom. The van der Waals surface area contributed by atoms with Crippen molar-refractivity contribution in [3.8, 4) is 5.75 Å². The highest BCUT2D eigenvalue weighted by molar-refractivity contribution is 5.95. The third kappa shape index (κ3) is 5.62. The van der Waals surface area contributed by atoms with E-state index in [0.717, 1.165) is 22.6 Å². The highest BCUT2D eigenvalue weighted by Crippen LogP contribution is 2.19. The van der Waals surface area contributed by atoms with Crippen molar-refractivity contribution in [3.05, 3.63) is 59.7 Å². The van der Waals surface area contributed by atoms with Gasteiger partial charge in [-0.25, -0.2) is 0 Å². The normalized spacial score (nSPS) is 10.3. The van der Waals surface area contributed by atoms with Gasteiger partial charge in [0.2, 0.25) is 0 Å². The van der Waals surface area contributed by atoms with Gasteiger partial charge in [0.05, 0.1) is 13.0 Å². The van der Waals surface area contributed by atoms with Crippen LogP contribution in [0.1, 0.15) is 24.5 Å². The third-order valence-corrected chi connectivity index (χ3v) is 3.95. The van der Waals surface area contributed by atoms with Crippen LogP contribution in [0.5, 0.6) is 5.75 Å². The number of aryl methyl sites for hydroxylation is 2. The molecule has 2 rings (SSSR count). The molecule has 0 N–H and O–H groups in total. The summed E-state index contributed by atoms with van der Waals surface area (Å²) in [5.41, 5.74) is 2.90. The molecule has 0 heterocycles. The van der Waals surface area contributed by atoms with Crippen LogP contribution in [0, 0.1) is 13.8 Å². The minimum Gasteiger partial charge on any atom is -0.493 e. The average Bonchev–Trinajstić information content (AvgIpc) is 2.64. The SMILES string of the molecule is CCN(C(=O)COC(=O)CCOc1cc(C)ccc1C)c1ccccc1. The number of para-hydroxylation sites is 1. The number of rotatable bonds is 8. The Balaban J connectivity index is 1.77. The van der Waals surface area contributed by atoms with Crippen molar-refractivity contribution in [3.63, 3.8) is 0 Å². The average molecular weight is 355 g/mol. The number of carbonyl (C=O) groups excluding carboxylic acids is 2. The van der Waals surface area contributed by atoms with Crippen LogP contribution in [-0.4, -0.2) is 31.6 Å². The first-order chi connectivity index (χ1) is 12.5. The van der Waals surface area contributed by atoms with E-state index in [1.807, 2.05) is 69.3 Å². The van der Waals surface area contributed by atoms with Crippen LogP contribution in [0.2, 0.25) is 0 Å². The van der Waals surface area contributed by atoms with E-state index in [0.29, 0.717) is 6.54 Å². The number of hydrogen-bond donors (Lipinski definition) is 0. The Morgan fingerprint density at radius 2 is 1.77 bits per heavy atom. The molecule has 0 aliphatic carbocycles. The molecule has 1 amide bonds. The van der Waals surface area contributed by atoms with E-state index in [4.69, 9.17) is 9.47 Å². The second-order valence-electron chi connectivity index (χ2n) is 6.00. The molecule has 0 saturated carbocycles.